The van der Waals surface area contributed by atoms with Gasteiger partial charge in [-0.1, -0.05) is 13.0 Å². The van der Waals surface area contributed by atoms with Crippen molar-refractivity contribution in [3.05, 3.63) is 33.9 Å². The summed E-state index contributed by atoms with van der Waals surface area (Å²) < 4.78 is 0. The van der Waals surface area contributed by atoms with Gasteiger partial charge in [0, 0.05) is 32.2 Å². The quantitative estimate of drug-likeness (QED) is 0.665. The van der Waals surface area contributed by atoms with Gasteiger partial charge < -0.3 is 10.0 Å². The van der Waals surface area contributed by atoms with Crippen molar-refractivity contribution >= 4 is 11.4 Å². The maximum absolute atomic E-state index is 11.3. The van der Waals surface area contributed by atoms with Crippen molar-refractivity contribution in [1.29, 1.82) is 0 Å². The molecule has 1 aliphatic rings. The largest absolute Gasteiger partial charge is 0.389 e. The lowest BCUT2D eigenvalue weighted by Crippen LogP contribution is -2.46. The topological polar surface area (TPSA) is 69.8 Å². The normalized spacial score (nSPS) is 17.8. The molecule has 0 bridgehead atoms. The lowest BCUT2D eigenvalue weighted by molar-refractivity contribution is -0.384. The molecule has 1 aliphatic heterocycles. The maximum Gasteiger partial charge on any atom is 0.292 e. The fraction of sp³-hybridized carbons (Fsp3) is 0.600. The lowest BCUT2D eigenvalue weighted by atomic mass is 10.1. The Morgan fingerprint density at radius 3 is 2.52 bits per heavy atom. The van der Waals surface area contributed by atoms with Crippen molar-refractivity contribution in [1.82, 2.24) is 4.90 Å². The zero-order valence-electron chi connectivity index (χ0n) is 12.7. The highest BCUT2D eigenvalue weighted by Gasteiger charge is 2.24. The Balaban J connectivity index is 2.18. The summed E-state index contributed by atoms with van der Waals surface area (Å²) >= 11 is 0. The van der Waals surface area contributed by atoms with Crippen LogP contribution in [0.15, 0.2) is 18.2 Å². The summed E-state index contributed by atoms with van der Waals surface area (Å²) in [6.07, 6.45) is 0.433. The van der Waals surface area contributed by atoms with Crippen LogP contribution in [0.4, 0.5) is 11.4 Å². The molecule has 1 unspecified atom stereocenters. The van der Waals surface area contributed by atoms with E-state index in [9.17, 15) is 15.2 Å². The molecule has 6 nitrogen and oxygen atoms in total. The van der Waals surface area contributed by atoms with Crippen LogP contribution in [0.2, 0.25) is 0 Å². The monoisotopic (exact) mass is 293 g/mol. The number of rotatable bonds is 5. The average molecular weight is 293 g/mol. The molecule has 0 aromatic heterocycles. The van der Waals surface area contributed by atoms with Crippen molar-refractivity contribution in [3.63, 3.8) is 0 Å². The van der Waals surface area contributed by atoms with E-state index < -0.39 is 6.10 Å². The Morgan fingerprint density at radius 2 is 2.00 bits per heavy atom. The third-order valence-electron chi connectivity index (χ3n) is 3.93. The predicted octanol–water partition coefficient (Wildman–Crippen LogP) is 2.18. The number of hydrogen-bond acceptors (Lipinski definition) is 5. The molecular formula is C15H23N3O3. The van der Waals surface area contributed by atoms with Gasteiger partial charge in [-0.3, -0.25) is 15.0 Å². The number of aliphatic hydroxyl groups is 1. The first-order valence-electron chi connectivity index (χ1n) is 7.46. The second-order valence-electron chi connectivity index (χ2n) is 5.51. The Hall–Kier alpha value is -1.66. The Labute approximate surface area is 125 Å². The fourth-order valence-corrected chi connectivity index (χ4v) is 2.74. The summed E-state index contributed by atoms with van der Waals surface area (Å²) in [5.41, 5.74) is 1.31. The first kappa shape index (κ1) is 15.7. The van der Waals surface area contributed by atoms with E-state index in [1.165, 1.54) is 6.07 Å². The van der Waals surface area contributed by atoms with E-state index in [0.29, 0.717) is 11.3 Å². The van der Waals surface area contributed by atoms with Crippen LogP contribution < -0.4 is 4.90 Å². The Kier molecular flexibility index (Phi) is 5.14. The first-order valence-corrected chi connectivity index (χ1v) is 7.46. The van der Waals surface area contributed by atoms with Crippen LogP contribution in [0.5, 0.6) is 0 Å². The zero-order chi connectivity index (χ0) is 15.4. The fourth-order valence-electron chi connectivity index (χ4n) is 2.74. The van der Waals surface area contributed by atoms with E-state index in [0.717, 1.165) is 39.1 Å². The molecule has 1 saturated heterocycles. The van der Waals surface area contributed by atoms with Gasteiger partial charge >= 0.3 is 0 Å². The molecule has 1 aromatic carbocycles. The molecule has 1 heterocycles. The standard InChI is InChI=1S/C15H23N3O3/c1-3-6-16-7-9-17(10-8-16)14-5-4-13(12(2)19)11-15(14)18(20)21/h4-5,11-12,19H,3,6-10H2,1-2H3. The highest BCUT2D eigenvalue weighted by Crippen LogP contribution is 2.31. The SMILES string of the molecule is CCCN1CCN(c2ccc(C(C)O)cc2[N+](=O)[O-])CC1. The van der Waals surface area contributed by atoms with E-state index in [1.54, 1.807) is 19.1 Å². The summed E-state index contributed by atoms with van der Waals surface area (Å²) in [5, 5.41) is 20.9. The van der Waals surface area contributed by atoms with Crippen LogP contribution in [-0.2, 0) is 0 Å². The number of hydrogen-bond donors (Lipinski definition) is 1. The van der Waals surface area contributed by atoms with Crippen LogP contribution in [0.25, 0.3) is 0 Å². The number of aliphatic hydroxyl groups excluding tert-OH is 1. The number of anilines is 1. The second kappa shape index (κ2) is 6.87. The van der Waals surface area contributed by atoms with E-state index >= 15 is 0 Å². The Bertz CT molecular complexity index is 497. The molecule has 1 aromatic rings. The summed E-state index contributed by atoms with van der Waals surface area (Å²) in [7, 11) is 0. The molecule has 0 radical (unpaired) electrons. The van der Waals surface area contributed by atoms with Gasteiger partial charge in [0.05, 0.1) is 11.0 Å². The number of piperazine rings is 1. The maximum atomic E-state index is 11.3. The molecule has 0 saturated carbocycles. The summed E-state index contributed by atoms with van der Waals surface area (Å²) in [4.78, 5) is 15.4. The molecule has 21 heavy (non-hydrogen) atoms. The third kappa shape index (κ3) is 3.71. The molecule has 1 atom stereocenters. The molecule has 2 rings (SSSR count). The first-order chi connectivity index (χ1) is 10.0. The second-order valence-corrected chi connectivity index (χ2v) is 5.51. The van der Waals surface area contributed by atoms with Gasteiger partial charge in [0.25, 0.3) is 5.69 Å². The van der Waals surface area contributed by atoms with E-state index in [-0.39, 0.29) is 10.6 Å². The van der Waals surface area contributed by atoms with Crippen LogP contribution >= 0.6 is 0 Å². The van der Waals surface area contributed by atoms with Crippen LogP contribution in [0, 0.1) is 10.1 Å². The number of nitro benzene ring substituents is 1. The predicted molar refractivity (Wildman–Crippen MR) is 82.7 cm³/mol. The summed E-state index contributed by atoms with van der Waals surface area (Å²) in [6, 6.07) is 5.01. The molecule has 1 N–H and O–H groups in total. The van der Waals surface area contributed by atoms with Gasteiger partial charge in [0.15, 0.2) is 0 Å². The van der Waals surface area contributed by atoms with Crippen LogP contribution in [-0.4, -0.2) is 47.7 Å². The highest BCUT2D eigenvalue weighted by molar-refractivity contribution is 5.64. The average Bonchev–Trinajstić information content (AvgIpc) is 2.47. The van der Waals surface area contributed by atoms with Crippen LogP contribution in [0.3, 0.4) is 0 Å². The lowest BCUT2D eigenvalue weighted by Gasteiger charge is -2.35. The summed E-state index contributed by atoms with van der Waals surface area (Å²) in [6.45, 7) is 8.32. The van der Waals surface area contributed by atoms with Gasteiger partial charge in [-0.25, -0.2) is 0 Å². The number of nitrogens with zero attached hydrogens (tertiary/aromatic N) is 3. The third-order valence-corrected chi connectivity index (χ3v) is 3.93. The van der Waals surface area contributed by atoms with E-state index in [2.05, 4.69) is 16.7 Å². The zero-order valence-corrected chi connectivity index (χ0v) is 12.7. The van der Waals surface area contributed by atoms with Crippen molar-refractivity contribution in [2.45, 2.75) is 26.4 Å². The molecule has 1 fully saturated rings. The van der Waals surface area contributed by atoms with Gasteiger partial charge in [-0.15, -0.1) is 0 Å². The highest BCUT2D eigenvalue weighted by atomic mass is 16.6. The van der Waals surface area contributed by atoms with Crippen molar-refractivity contribution < 1.29 is 10.0 Å². The van der Waals surface area contributed by atoms with Gasteiger partial charge in [0.1, 0.15) is 5.69 Å². The smallest absolute Gasteiger partial charge is 0.292 e. The van der Waals surface area contributed by atoms with Gasteiger partial charge in [0.2, 0.25) is 0 Å². The molecule has 0 spiro atoms. The molecule has 0 aliphatic carbocycles. The minimum atomic E-state index is -0.695. The Morgan fingerprint density at radius 1 is 1.33 bits per heavy atom. The minimum absolute atomic E-state index is 0.0809. The van der Waals surface area contributed by atoms with Gasteiger partial charge in [-0.05, 0) is 31.5 Å². The minimum Gasteiger partial charge on any atom is -0.389 e. The van der Waals surface area contributed by atoms with Crippen molar-refractivity contribution in [3.8, 4) is 0 Å². The number of benzene rings is 1. The molecule has 6 heteroatoms. The van der Waals surface area contributed by atoms with Crippen molar-refractivity contribution in [2.75, 3.05) is 37.6 Å². The van der Waals surface area contributed by atoms with E-state index in [1.807, 2.05) is 0 Å². The summed E-state index contributed by atoms with van der Waals surface area (Å²) in [5.74, 6) is 0. The van der Waals surface area contributed by atoms with Gasteiger partial charge in [-0.2, -0.15) is 0 Å². The number of nitro groups is 1. The van der Waals surface area contributed by atoms with E-state index in [4.69, 9.17) is 0 Å². The molecule has 0 amide bonds. The van der Waals surface area contributed by atoms with Crippen LogP contribution in [0.1, 0.15) is 31.9 Å². The molecule has 116 valence electrons. The molecular weight excluding hydrogens is 270 g/mol. The van der Waals surface area contributed by atoms with Crippen molar-refractivity contribution in [2.24, 2.45) is 0 Å².